The molecular formula is C21H22N4O5S3. The van der Waals surface area contributed by atoms with E-state index in [1.165, 1.54) is 19.2 Å². The highest BCUT2D eigenvalue weighted by Crippen LogP contribution is 2.28. The summed E-state index contributed by atoms with van der Waals surface area (Å²) >= 11 is 2.21. The zero-order chi connectivity index (χ0) is 23.8. The highest BCUT2D eigenvalue weighted by molar-refractivity contribution is 8.01. The number of anilines is 2. The van der Waals surface area contributed by atoms with Crippen molar-refractivity contribution in [1.29, 1.82) is 0 Å². The van der Waals surface area contributed by atoms with Gasteiger partial charge in [-0.25, -0.2) is 8.42 Å². The lowest BCUT2D eigenvalue weighted by Crippen LogP contribution is -2.38. The first kappa shape index (κ1) is 24.7. The summed E-state index contributed by atoms with van der Waals surface area (Å²) in [5.74, 6) is -0.908. The number of hydrogen-bond donors (Lipinski definition) is 1. The van der Waals surface area contributed by atoms with E-state index in [1.807, 2.05) is 19.1 Å². The van der Waals surface area contributed by atoms with E-state index in [-0.39, 0.29) is 15.8 Å². The molecule has 0 atom stereocenters. The number of amides is 1. The Labute approximate surface area is 200 Å². The molecule has 0 bridgehead atoms. The number of benzene rings is 2. The summed E-state index contributed by atoms with van der Waals surface area (Å²) in [6.45, 7) is 1.47. The number of rotatable bonds is 10. The smallest absolute Gasteiger partial charge is 0.316 e. The zero-order valence-corrected chi connectivity index (χ0v) is 20.4. The Balaban J connectivity index is 1.83. The Morgan fingerprint density at radius 1 is 1.09 bits per heavy atom. The summed E-state index contributed by atoms with van der Waals surface area (Å²) in [7, 11) is -2.71. The van der Waals surface area contributed by atoms with E-state index in [1.54, 1.807) is 30.3 Å². The maximum atomic E-state index is 13.4. The van der Waals surface area contributed by atoms with E-state index in [2.05, 4.69) is 20.3 Å². The summed E-state index contributed by atoms with van der Waals surface area (Å²) in [6, 6.07) is 15.0. The molecule has 0 aliphatic carbocycles. The summed E-state index contributed by atoms with van der Waals surface area (Å²) < 4.78 is 33.0. The number of hydrogen-bond acceptors (Lipinski definition) is 9. The van der Waals surface area contributed by atoms with Gasteiger partial charge in [-0.15, -0.1) is 10.2 Å². The number of nitrogens with one attached hydrogen (secondary N) is 1. The topological polar surface area (TPSA) is 119 Å². The minimum Gasteiger partial charge on any atom is -0.468 e. The third-order valence-electron chi connectivity index (χ3n) is 4.45. The number of aromatic nitrogens is 2. The van der Waals surface area contributed by atoms with Gasteiger partial charge in [-0.05, 0) is 30.2 Å². The molecule has 3 aromatic rings. The fourth-order valence-corrected chi connectivity index (χ4v) is 5.94. The number of esters is 1. The Morgan fingerprint density at radius 2 is 1.79 bits per heavy atom. The van der Waals surface area contributed by atoms with Gasteiger partial charge in [0.25, 0.3) is 10.0 Å². The van der Waals surface area contributed by atoms with Crippen LogP contribution in [0, 0.1) is 0 Å². The number of aryl methyl sites for hydroxylation is 1. The van der Waals surface area contributed by atoms with Gasteiger partial charge >= 0.3 is 5.97 Å². The van der Waals surface area contributed by atoms with Crippen LogP contribution >= 0.6 is 23.1 Å². The van der Waals surface area contributed by atoms with Crippen LogP contribution in [-0.2, 0) is 30.8 Å². The molecule has 0 unspecified atom stereocenters. The van der Waals surface area contributed by atoms with Crippen LogP contribution in [0.2, 0.25) is 0 Å². The molecule has 0 saturated heterocycles. The SMILES string of the molecule is CCc1ccccc1N(CC(=O)Nc1nnc(SCC(=O)OC)s1)S(=O)(=O)c1ccccc1. The molecule has 0 aliphatic rings. The lowest BCUT2D eigenvalue weighted by atomic mass is 10.1. The van der Waals surface area contributed by atoms with Gasteiger partial charge < -0.3 is 4.74 Å². The molecule has 3 rings (SSSR count). The largest absolute Gasteiger partial charge is 0.468 e. The van der Waals surface area contributed by atoms with Gasteiger partial charge in [-0.2, -0.15) is 0 Å². The monoisotopic (exact) mass is 506 g/mol. The standard InChI is InChI=1S/C21H22N4O5S3/c1-3-15-9-7-8-12-17(15)25(33(28,29)16-10-5-4-6-11-16)13-18(26)22-20-23-24-21(32-20)31-14-19(27)30-2/h4-12H,3,13-14H2,1-2H3,(H,22,23,26). The first-order chi connectivity index (χ1) is 15.8. The molecule has 1 amide bonds. The van der Waals surface area contributed by atoms with Crippen LogP contribution in [0.5, 0.6) is 0 Å². The molecule has 0 saturated carbocycles. The lowest BCUT2D eigenvalue weighted by molar-refractivity contribution is -0.137. The van der Waals surface area contributed by atoms with Gasteiger partial charge in [0.05, 0.1) is 23.4 Å². The molecule has 1 aromatic heterocycles. The van der Waals surface area contributed by atoms with E-state index in [0.717, 1.165) is 33.0 Å². The molecule has 33 heavy (non-hydrogen) atoms. The third-order valence-corrected chi connectivity index (χ3v) is 8.17. The van der Waals surface area contributed by atoms with Crippen LogP contribution in [-0.4, -0.2) is 49.9 Å². The van der Waals surface area contributed by atoms with Crippen LogP contribution in [0.25, 0.3) is 0 Å². The number of thioether (sulfide) groups is 1. The predicted molar refractivity (Wildman–Crippen MR) is 128 cm³/mol. The van der Waals surface area contributed by atoms with Crippen LogP contribution < -0.4 is 9.62 Å². The number of carbonyl (C=O) groups excluding carboxylic acids is 2. The molecule has 12 heteroatoms. The maximum absolute atomic E-state index is 13.4. The molecule has 9 nitrogen and oxygen atoms in total. The van der Waals surface area contributed by atoms with Crippen molar-refractivity contribution >= 4 is 55.8 Å². The van der Waals surface area contributed by atoms with Crippen LogP contribution in [0.4, 0.5) is 10.8 Å². The first-order valence-corrected chi connectivity index (χ1v) is 13.1. The van der Waals surface area contributed by atoms with Crippen molar-refractivity contribution in [3.63, 3.8) is 0 Å². The van der Waals surface area contributed by atoms with E-state index in [9.17, 15) is 18.0 Å². The Bertz CT molecular complexity index is 1220. The van der Waals surface area contributed by atoms with E-state index < -0.39 is 28.4 Å². The third kappa shape index (κ3) is 6.30. The Hall–Kier alpha value is -2.96. The van der Waals surface area contributed by atoms with Gasteiger partial charge in [0.2, 0.25) is 11.0 Å². The molecule has 1 heterocycles. The molecular weight excluding hydrogens is 484 g/mol. The van der Waals surface area contributed by atoms with Gasteiger partial charge in [-0.1, -0.05) is 66.4 Å². The van der Waals surface area contributed by atoms with E-state index >= 15 is 0 Å². The maximum Gasteiger partial charge on any atom is 0.316 e. The second kappa shape index (κ2) is 11.3. The minimum absolute atomic E-state index is 0.0655. The number of carbonyl (C=O) groups is 2. The fraction of sp³-hybridized carbons (Fsp3) is 0.238. The van der Waals surface area contributed by atoms with Crippen LogP contribution in [0.1, 0.15) is 12.5 Å². The van der Waals surface area contributed by atoms with Gasteiger partial charge in [0.15, 0.2) is 4.34 Å². The zero-order valence-electron chi connectivity index (χ0n) is 17.9. The van der Waals surface area contributed by atoms with Crippen LogP contribution in [0.15, 0.2) is 63.8 Å². The quantitative estimate of drug-likeness (QED) is 0.253. The number of para-hydroxylation sites is 1. The fourth-order valence-electron chi connectivity index (χ4n) is 2.86. The molecule has 0 spiro atoms. The summed E-state index contributed by atoms with van der Waals surface area (Å²) in [4.78, 5) is 24.2. The number of ether oxygens (including phenoxy) is 1. The van der Waals surface area contributed by atoms with Gasteiger partial charge in [0.1, 0.15) is 6.54 Å². The molecule has 0 radical (unpaired) electrons. The second-order valence-corrected chi connectivity index (χ2v) is 10.7. The number of nitrogens with zero attached hydrogens (tertiary/aromatic N) is 3. The predicted octanol–water partition coefficient (Wildman–Crippen LogP) is 3.20. The van der Waals surface area contributed by atoms with Crippen molar-refractivity contribution in [2.45, 2.75) is 22.6 Å². The normalized spacial score (nSPS) is 11.1. The van der Waals surface area contributed by atoms with Crippen molar-refractivity contribution in [2.75, 3.05) is 29.0 Å². The minimum atomic E-state index is -4.01. The average molecular weight is 507 g/mol. The molecule has 1 N–H and O–H groups in total. The van der Waals surface area contributed by atoms with Crippen molar-refractivity contribution in [2.24, 2.45) is 0 Å². The molecule has 0 fully saturated rings. The summed E-state index contributed by atoms with van der Waals surface area (Å²) in [5, 5.41) is 10.6. The second-order valence-electron chi connectivity index (χ2n) is 6.59. The Morgan fingerprint density at radius 3 is 2.48 bits per heavy atom. The number of sulfonamides is 1. The van der Waals surface area contributed by atoms with Crippen molar-refractivity contribution in [3.05, 3.63) is 60.2 Å². The van der Waals surface area contributed by atoms with Crippen molar-refractivity contribution < 1.29 is 22.7 Å². The first-order valence-electron chi connectivity index (χ1n) is 9.83. The lowest BCUT2D eigenvalue weighted by Gasteiger charge is -2.26. The number of methoxy groups -OCH3 is 1. The molecule has 2 aromatic carbocycles. The highest BCUT2D eigenvalue weighted by Gasteiger charge is 2.28. The summed E-state index contributed by atoms with van der Waals surface area (Å²) in [5.41, 5.74) is 1.23. The van der Waals surface area contributed by atoms with E-state index in [4.69, 9.17) is 0 Å². The van der Waals surface area contributed by atoms with Gasteiger partial charge in [-0.3, -0.25) is 19.2 Å². The van der Waals surface area contributed by atoms with Crippen LogP contribution in [0.3, 0.4) is 0 Å². The van der Waals surface area contributed by atoms with Crippen molar-refractivity contribution in [3.8, 4) is 0 Å². The average Bonchev–Trinajstić information content (AvgIpc) is 3.28. The Kier molecular flexibility index (Phi) is 8.42. The van der Waals surface area contributed by atoms with Gasteiger partial charge in [0, 0.05) is 0 Å². The van der Waals surface area contributed by atoms with Crippen molar-refractivity contribution in [1.82, 2.24) is 10.2 Å². The summed E-state index contributed by atoms with van der Waals surface area (Å²) in [6.07, 6.45) is 0.593. The molecule has 174 valence electrons. The molecule has 0 aliphatic heterocycles. The highest BCUT2D eigenvalue weighted by atomic mass is 32.2. The van der Waals surface area contributed by atoms with E-state index in [0.29, 0.717) is 16.4 Å².